The quantitative estimate of drug-likeness (QED) is 0.736. The number of aliphatic hydroxyl groups excluding tert-OH is 1. The molecule has 1 aromatic carbocycles. The molecular formula is C13H19BrN2O3. The molecule has 0 unspecified atom stereocenters. The zero-order chi connectivity index (χ0) is 14.3. The number of carbonyl (C=O) groups is 1. The van der Waals surface area contributed by atoms with Crippen LogP contribution in [0.5, 0.6) is 0 Å². The van der Waals surface area contributed by atoms with E-state index in [9.17, 15) is 4.79 Å². The van der Waals surface area contributed by atoms with Crippen LogP contribution in [0.1, 0.15) is 5.56 Å². The summed E-state index contributed by atoms with van der Waals surface area (Å²) in [6, 6.07) is 5.55. The first kappa shape index (κ1) is 15.9. The van der Waals surface area contributed by atoms with Crippen LogP contribution in [0.3, 0.4) is 0 Å². The Morgan fingerprint density at radius 3 is 2.84 bits per heavy atom. The predicted octanol–water partition coefficient (Wildman–Crippen LogP) is 1.14. The number of hydrogen-bond acceptors (Lipinski definition) is 4. The number of likely N-dealkylation sites (N-methyl/N-ethyl adjacent to an activating group) is 1. The minimum atomic E-state index is -0.0577. The number of ether oxygens (including phenoxy) is 1. The summed E-state index contributed by atoms with van der Waals surface area (Å²) in [7, 11) is 3.44. The van der Waals surface area contributed by atoms with Crippen LogP contribution in [-0.4, -0.2) is 44.9 Å². The SMILES string of the molecule is COCCNC(=O)CN(C)c1ccc(CO)cc1Br. The van der Waals surface area contributed by atoms with Crippen LogP contribution in [0.15, 0.2) is 22.7 Å². The van der Waals surface area contributed by atoms with Crippen molar-refractivity contribution < 1.29 is 14.6 Å². The van der Waals surface area contributed by atoms with Crippen LogP contribution in [0.2, 0.25) is 0 Å². The lowest BCUT2D eigenvalue weighted by Gasteiger charge is -2.20. The molecule has 0 bridgehead atoms. The number of aliphatic hydroxyl groups is 1. The third-order valence-corrected chi connectivity index (χ3v) is 3.25. The molecule has 0 aliphatic carbocycles. The third-order valence-electron chi connectivity index (χ3n) is 2.62. The minimum absolute atomic E-state index is 0.0000974. The van der Waals surface area contributed by atoms with E-state index in [0.717, 1.165) is 15.7 Å². The Labute approximate surface area is 121 Å². The molecule has 5 nitrogen and oxygen atoms in total. The van der Waals surface area contributed by atoms with Crippen molar-refractivity contribution in [2.45, 2.75) is 6.61 Å². The fraction of sp³-hybridized carbons (Fsp3) is 0.462. The normalized spacial score (nSPS) is 10.3. The summed E-state index contributed by atoms with van der Waals surface area (Å²) >= 11 is 3.44. The molecule has 0 radical (unpaired) electrons. The van der Waals surface area contributed by atoms with Gasteiger partial charge >= 0.3 is 0 Å². The summed E-state index contributed by atoms with van der Waals surface area (Å²) in [4.78, 5) is 13.5. The van der Waals surface area contributed by atoms with Crippen molar-refractivity contribution in [1.82, 2.24) is 5.32 Å². The van der Waals surface area contributed by atoms with Crippen molar-refractivity contribution >= 4 is 27.5 Å². The van der Waals surface area contributed by atoms with E-state index < -0.39 is 0 Å². The number of anilines is 1. The molecule has 0 aromatic heterocycles. The molecule has 2 N–H and O–H groups in total. The van der Waals surface area contributed by atoms with Gasteiger partial charge in [0.2, 0.25) is 5.91 Å². The molecule has 0 saturated heterocycles. The van der Waals surface area contributed by atoms with Crippen molar-refractivity contribution in [3.8, 4) is 0 Å². The van der Waals surface area contributed by atoms with E-state index in [1.165, 1.54) is 0 Å². The second kappa shape index (κ2) is 8.14. The molecule has 0 spiro atoms. The second-order valence-electron chi connectivity index (χ2n) is 4.14. The van der Waals surface area contributed by atoms with Gasteiger partial charge in [0.1, 0.15) is 0 Å². The first-order valence-electron chi connectivity index (χ1n) is 5.94. The number of halogens is 1. The maximum atomic E-state index is 11.7. The first-order valence-corrected chi connectivity index (χ1v) is 6.73. The minimum Gasteiger partial charge on any atom is -0.392 e. The first-order chi connectivity index (χ1) is 9.08. The second-order valence-corrected chi connectivity index (χ2v) is 5.00. The number of nitrogens with one attached hydrogen (secondary N) is 1. The Morgan fingerprint density at radius 1 is 1.53 bits per heavy atom. The Bertz CT molecular complexity index is 426. The van der Waals surface area contributed by atoms with Crippen molar-refractivity contribution in [1.29, 1.82) is 0 Å². The molecular weight excluding hydrogens is 312 g/mol. The monoisotopic (exact) mass is 330 g/mol. The number of amides is 1. The highest BCUT2D eigenvalue weighted by Gasteiger charge is 2.10. The highest BCUT2D eigenvalue weighted by Crippen LogP contribution is 2.26. The third kappa shape index (κ3) is 5.18. The Morgan fingerprint density at radius 2 is 2.26 bits per heavy atom. The maximum Gasteiger partial charge on any atom is 0.239 e. The standard InChI is InChI=1S/C13H19BrN2O3/c1-16(8-13(18)15-5-6-19-2)12-4-3-10(9-17)7-11(12)14/h3-4,7,17H,5-6,8-9H2,1-2H3,(H,15,18). The molecule has 0 aliphatic heterocycles. The number of hydrogen-bond donors (Lipinski definition) is 2. The van der Waals surface area contributed by atoms with Gasteiger partial charge in [-0.2, -0.15) is 0 Å². The Hall–Kier alpha value is -1.11. The zero-order valence-corrected chi connectivity index (χ0v) is 12.7. The van der Waals surface area contributed by atoms with Gasteiger partial charge in [0.05, 0.1) is 25.4 Å². The molecule has 0 heterocycles. The maximum absolute atomic E-state index is 11.7. The Kier molecular flexibility index (Phi) is 6.83. The largest absolute Gasteiger partial charge is 0.392 e. The average Bonchev–Trinajstić information content (AvgIpc) is 2.38. The van der Waals surface area contributed by atoms with Gasteiger partial charge in [-0.05, 0) is 33.6 Å². The molecule has 1 amide bonds. The van der Waals surface area contributed by atoms with Crippen LogP contribution in [-0.2, 0) is 16.1 Å². The lowest BCUT2D eigenvalue weighted by molar-refractivity contribution is -0.119. The van der Waals surface area contributed by atoms with Gasteiger partial charge in [0.15, 0.2) is 0 Å². The van der Waals surface area contributed by atoms with Gasteiger partial charge in [-0.1, -0.05) is 6.07 Å². The number of benzene rings is 1. The van der Waals surface area contributed by atoms with Gasteiger partial charge in [-0.3, -0.25) is 4.79 Å². The van der Waals surface area contributed by atoms with Gasteiger partial charge in [-0.15, -0.1) is 0 Å². The zero-order valence-electron chi connectivity index (χ0n) is 11.1. The molecule has 19 heavy (non-hydrogen) atoms. The Balaban J connectivity index is 2.57. The summed E-state index contributed by atoms with van der Waals surface area (Å²) in [6.07, 6.45) is 0. The van der Waals surface area contributed by atoms with Crippen LogP contribution in [0.4, 0.5) is 5.69 Å². The van der Waals surface area contributed by atoms with Gasteiger partial charge in [0.25, 0.3) is 0 Å². The van der Waals surface area contributed by atoms with E-state index in [1.54, 1.807) is 7.11 Å². The molecule has 0 atom stereocenters. The molecule has 0 saturated carbocycles. The van der Waals surface area contributed by atoms with E-state index in [-0.39, 0.29) is 19.1 Å². The lowest BCUT2D eigenvalue weighted by Crippen LogP contribution is -2.36. The van der Waals surface area contributed by atoms with Gasteiger partial charge < -0.3 is 20.1 Å². The highest BCUT2D eigenvalue weighted by molar-refractivity contribution is 9.10. The van der Waals surface area contributed by atoms with Crippen molar-refractivity contribution in [3.63, 3.8) is 0 Å². The van der Waals surface area contributed by atoms with Crippen molar-refractivity contribution in [2.75, 3.05) is 38.8 Å². The molecule has 106 valence electrons. The highest BCUT2D eigenvalue weighted by atomic mass is 79.9. The number of rotatable bonds is 7. The molecule has 1 aromatic rings. The molecule has 1 rings (SSSR count). The van der Waals surface area contributed by atoms with E-state index in [0.29, 0.717) is 13.2 Å². The topological polar surface area (TPSA) is 61.8 Å². The summed E-state index contributed by atoms with van der Waals surface area (Å²) in [5.74, 6) is -0.0577. The fourth-order valence-corrected chi connectivity index (χ4v) is 2.34. The van der Waals surface area contributed by atoms with Crippen LogP contribution in [0, 0.1) is 0 Å². The number of nitrogens with zero attached hydrogens (tertiary/aromatic N) is 1. The van der Waals surface area contributed by atoms with E-state index in [1.807, 2.05) is 30.1 Å². The lowest BCUT2D eigenvalue weighted by atomic mass is 10.2. The smallest absolute Gasteiger partial charge is 0.239 e. The molecule has 0 aliphatic rings. The summed E-state index contributed by atoms with van der Waals surface area (Å²) in [5, 5.41) is 11.8. The summed E-state index contributed by atoms with van der Waals surface area (Å²) < 4.78 is 5.72. The van der Waals surface area contributed by atoms with E-state index >= 15 is 0 Å². The number of methoxy groups -OCH3 is 1. The van der Waals surface area contributed by atoms with E-state index in [4.69, 9.17) is 9.84 Å². The van der Waals surface area contributed by atoms with Crippen molar-refractivity contribution in [2.24, 2.45) is 0 Å². The fourth-order valence-electron chi connectivity index (χ4n) is 1.61. The van der Waals surface area contributed by atoms with Gasteiger partial charge in [-0.25, -0.2) is 0 Å². The van der Waals surface area contributed by atoms with Crippen LogP contribution < -0.4 is 10.2 Å². The average molecular weight is 331 g/mol. The summed E-state index contributed by atoms with van der Waals surface area (Å²) in [5.41, 5.74) is 1.73. The van der Waals surface area contributed by atoms with E-state index in [2.05, 4.69) is 21.2 Å². The van der Waals surface area contributed by atoms with Crippen LogP contribution in [0.25, 0.3) is 0 Å². The number of carbonyl (C=O) groups excluding carboxylic acids is 1. The van der Waals surface area contributed by atoms with Crippen molar-refractivity contribution in [3.05, 3.63) is 28.2 Å². The molecule has 6 heteroatoms. The molecule has 0 fully saturated rings. The summed E-state index contributed by atoms with van der Waals surface area (Å²) in [6.45, 7) is 1.28. The van der Waals surface area contributed by atoms with Gasteiger partial charge in [0, 0.05) is 25.2 Å². The predicted molar refractivity (Wildman–Crippen MR) is 78.2 cm³/mol. The van der Waals surface area contributed by atoms with Crippen LogP contribution >= 0.6 is 15.9 Å².